The Morgan fingerprint density at radius 1 is 1.00 bits per heavy atom. The average molecular weight is 503 g/mol. The molecule has 4 nitrogen and oxygen atoms in total. The van der Waals surface area contributed by atoms with Crippen molar-refractivity contribution in [3.63, 3.8) is 0 Å². The van der Waals surface area contributed by atoms with Gasteiger partial charge in [-0.25, -0.2) is 0 Å². The van der Waals surface area contributed by atoms with E-state index in [4.69, 9.17) is 14.3 Å². The topological polar surface area (TPSA) is 59.7 Å². The summed E-state index contributed by atoms with van der Waals surface area (Å²) < 4.78 is 12.3. The number of fused-ring (bicyclic) bond motifs is 1. The Hall–Kier alpha value is -3.18. The van der Waals surface area contributed by atoms with Gasteiger partial charge in [0.05, 0.1) is 19.3 Å². The highest BCUT2D eigenvalue weighted by Gasteiger charge is 2.16. The molecule has 4 rings (SSSR count). The highest BCUT2D eigenvalue weighted by atomic mass is 32.2. The van der Waals surface area contributed by atoms with Crippen LogP contribution in [0.1, 0.15) is 49.8 Å². The summed E-state index contributed by atoms with van der Waals surface area (Å²) in [6, 6.07) is 20.6. The van der Waals surface area contributed by atoms with E-state index in [1.165, 1.54) is 10.5 Å². The van der Waals surface area contributed by atoms with Crippen LogP contribution in [0.5, 0.6) is 5.75 Å². The van der Waals surface area contributed by atoms with Gasteiger partial charge in [0.15, 0.2) is 0 Å². The summed E-state index contributed by atoms with van der Waals surface area (Å²) in [7, 11) is 0. The first kappa shape index (κ1) is 25.9. The van der Waals surface area contributed by atoms with Crippen molar-refractivity contribution in [2.24, 2.45) is 0 Å². The number of ether oxygens (including phenoxy) is 1. The Bertz CT molecular complexity index is 1290. The number of rotatable bonds is 13. The van der Waals surface area contributed by atoms with E-state index in [-0.39, 0.29) is 6.42 Å². The van der Waals surface area contributed by atoms with Gasteiger partial charge >= 0.3 is 5.97 Å². The number of aliphatic carboxylic acids is 1. The maximum absolute atomic E-state index is 11.1. The second kappa shape index (κ2) is 12.7. The quantitative estimate of drug-likeness (QED) is 0.147. The predicted molar refractivity (Wildman–Crippen MR) is 148 cm³/mol. The first-order chi connectivity index (χ1) is 17.6. The molecule has 4 aromatic rings. The number of benzene rings is 3. The lowest BCUT2D eigenvalue weighted by molar-refractivity contribution is -0.136. The average Bonchev–Trinajstić information content (AvgIpc) is 3.31. The molecule has 0 bridgehead atoms. The van der Waals surface area contributed by atoms with Crippen LogP contribution in [0.4, 0.5) is 0 Å². The van der Waals surface area contributed by atoms with Gasteiger partial charge in [0.1, 0.15) is 11.3 Å². The minimum atomic E-state index is -0.790. The van der Waals surface area contributed by atoms with E-state index in [0.29, 0.717) is 6.61 Å². The molecule has 0 atom stereocenters. The third kappa shape index (κ3) is 6.33. The zero-order chi connectivity index (χ0) is 25.3. The number of hydrogen-bond donors (Lipinski definition) is 1. The molecule has 188 valence electrons. The number of thioether (sulfide) groups is 1. The molecule has 0 saturated carbocycles. The van der Waals surface area contributed by atoms with Gasteiger partial charge in [-0.05, 0) is 54.2 Å². The minimum Gasteiger partial charge on any atom is -0.493 e. The lowest BCUT2D eigenvalue weighted by Crippen LogP contribution is -2.03. The third-order valence-electron chi connectivity index (χ3n) is 6.19. The van der Waals surface area contributed by atoms with Crippen LogP contribution in [0.15, 0.2) is 76.2 Å². The molecule has 1 aromatic heterocycles. The second-order valence-corrected chi connectivity index (χ2v) is 10.1. The summed E-state index contributed by atoms with van der Waals surface area (Å²) >= 11 is 1.82. The van der Waals surface area contributed by atoms with Crippen molar-refractivity contribution in [1.82, 2.24) is 0 Å². The minimum absolute atomic E-state index is 0.0719. The SMILES string of the molecule is CCCc1cc(CC(=O)O)ccc1SCCCOc1ccc2c(-c3ccccc3)coc2c1CCC. The second-order valence-electron chi connectivity index (χ2n) is 9.00. The molecular weight excluding hydrogens is 468 g/mol. The Morgan fingerprint density at radius 2 is 1.81 bits per heavy atom. The van der Waals surface area contributed by atoms with E-state index in [9.17, 15) is 4.79 Å². The van der Waals surface area contributed by atoms with Crippen molar-refractivity contribution in [2.45, 2.75) is 57.3 Å². The van der Waals surface area contributed by atoms with E-state index < -0.39 is 5.97 Å². The van der Waals surface area contributed by atoms with E-state index >= 15 is 0 Å². The fourth-order valence-electron chi connectivity index (χ4n) is 4.55. The van der Waals surface area contributed by atoms with Crippen molar-refractivity contribution in [3.8, 4) is 16.9 Å². The predicted octanol–water partition coefficient (Wildman–Crippen LogP) is 8.19. The normalized spacial score (nSPS) is 11.2. The molecule has 36 heavy (non-hydrogen) atoms. The molecule has 0 saturated heterocycles. The van der Waals surface area contributed by atoms with Crippen LogP contribution in [0.2, 0.25) is 0 Å². The Kier molecular flexibility index (Phi) is 9.12. The lowest BCUT2D eigenvalue weighted by Gasteiger charge is -2.13. The summed E-state index contributed by atoms with van der Waals surface area (Å²) in [4.78, 5) is 12.3. The van der Waals surface area contributed by atoms with Crippen molar-refractivity contribution < 1.29 is 19.1 Å². The van der Waals surface area contributed by atoms with Crippen LogP contribution in [0, 0.1) is 0 Å². The third-order valence-corrected chi connectivity index (χ3v) is 7.39. The molecule has 0 radical (unpaired) electrons. The largest absolute Gasteiger partial charge is 0.493 e. The number of carboxylic acid groups (broad SMARTS) is 1. The van der Waals surface area contributed by atoms with E-state index in [1.807, 2.05) is 42.3 Å². The number of furan rings is 1. The smallest absolute Gasteiger partial charge is 0.307 e. The fraction of sp³-hybridized carbons (Fsp3) is 0.323. The fourth-order valence-corrected chi connectivity index (χ4v) is 5.54. The molecule has 0 aliphatic rings. The molecule has 5 heteroatoms. The van der Waals surface area contributed by atoms with Gasteiger partial charge in [-0.2, -0.15) is 0 Å². The first-order valence-corrected chi connectivity index (χ1v) is 13.8. The highest BCUT2D eigenvalue weighted by molar-refractivity contribution is 7.99. The molecule has 0 spiro atoms. The van der Waals surface area contributed by atoms with Gasteiger partial charge in [0, 0.05) is 27.2 Å². The summed E-state index contributed by atoms with van der Waals surface area (Å²) in [6.07, 6.45) is 6.77. The van der Waals surface area contributed by atoms with Crippen molar-refractivity contribution in [2.75, 3.05) is 12.4 Å². The standard InChI is InChI=1S/C31H34O4S/c1-3-9-24-19-22(20-30(32)33)13-16-29(24)36-18-8-17-34-28-15-14-25-27(23-11-6-5-7-12-23)21-35-31(25)26(28)10-4-2/h5-7,11-16,19,21H,3-4,8-10,17-18,20H2,1-2H3,(H,32,33). The van der Waals surface area contributed by atoms with Crippen LogP contribution in [-0.2, 0) is 24.1 Å². The molecular formula is C31H34O4S. The van der Waals surface area contributed by atoms with Gasteiger partial charge in [-0.15, -0.1) is 11.8 Å². The van der Waals surface area contributed by atoms with Crippen molar-refractivity contribution >= 4 is 28.7 Å². The Labute approximate surface area is 217 Å². The molecule has 0 fully saturated rings. The first-order valence-electron chi connectivity index (χ1n) is 12.8. The van der Waals surface area contributed by atoms with Crippen LogP contribution in [-0.4, -0.2) is 23.4 Å². The maximum atomic E-state index is 11.1. The van der Waals surface area contributed by atoms with E-state index in [1.54, 1.807) is 0 Å². The Morgan fingerprint density at radius 3 is 2.56 bits per heavy atom. The molecule has 0 aliphatic carbocycles. The van der Waals surface area contributed by atoms with Crippen LogP contribution >= 0.6 is 11.8 Å². The van der Waals surface area contributed by atoms with Gasteiger partial charge < -0.3 is 14.3 Å². The molecule has 0 amide bonds. The highest BCUT2D eigenvalue weighted by Crippen LogP contribution is 2.37. The zero-order valence-corrected chi connectivity index (χ0v) is 21.9. The summed E-state index contributed by atoms with van der Waals surface area (Å²) in [6.45, 7) is 4.97. The molecule has 1 heterocycles. The lowest BCUT2D eigenvalue weighted by atomic mass is 10.0. The monoisotopic (exact) mass is 502 g/mol. The number of carboxylic acids is 1. The van der Waals surface area contributed by atoms with Crippen molar-refractivity contribution in [3.05, 3.63) is 83.6 Å². The van der Waals surface area contributed by atoms with Crippen LogP contribution < -0.4 is 4.74 Å². The van der Waals surface area contributed by atoms with Gasteiger partial charge in [-0.3, -0.25) is 4.79 Å². The summed E-state index contributed by atoms with van der Waals surface area (Å²) in [5, 5.41) is 10.2. The summed E-state index contributed by atoms with van der Waals surface area (Å²) in [5.41, 5.74) is 6.44. The Balaban J connectivity index is 1.40. The van der Waals surface area contributed by atoms with Gasteiger partial charge in [0.25, 0.3) is 0 Å². The zero-order valence-electron chi connectivity index (χ0n) is 21.1. The van der Waals surface area contributed by atoms with E-state index in [0.717, 1.165) is 76.8 Å². The number of carbonyl (C=O) groups is 1. The number of aryl methyl sites for hydroxylation is 2. The van der Waals surface area contributed by atoms with E-state index in [2.05, 4.69) is 50.2 Å². The van der Waals surface area contributed by atoms with Crippen LogP contribution in [0.3, 0.4) is 0 Å². The van der Waals surface area contributed by atoms with Gasteiger partial charge in [0.2, 0.25) is 0 Å². The van der Waals surface area contributed by atoms with Crippen LogP contribution in [0.25, 0.3) is 22.1 Å². The van der Waals surface area contributed by atoms with Gasteiger partial charge in [-0.1, -0.05) is 69.2 Å². The molecule has 3 aromatic carbocycles. The summed E-state index contributed by atoms with van der Waals surface area (Å²) in [5.74, 6) is 1.06. The molecule has 0 unspecified atom stereocenters. The molecule has 1 N–H and O–H groups in total. The molecule has 0 aliphatic heterocycles. The number of hydrogen-bond acceptors (Lipinski definition) is 4. The van der Waals surface area contributed by atoms with Crippen molar-refractivity contribution in [1.29, 1.82) is 0 Å². The maximum Gasteiger partial charge on any atom is 0.307 e.